The van der Waals surface area contributed by atoms with Gasteiger partial charge in [-0.3, -0.25) is 23.9 Å². The van der Waals surface area contributed by atoms with Crippen molar-refractivity contribution in [3.05, 3.63) is 47.8 Å². The Bertz CT molecular complexity index is 2090. The van der Waals surface area contributed by atoms with Crippen LogP contribution in [0.1, 0.15) is 98.8 Å². The summed E-state index contributed by atoms with van der Waals surface area (Å²) < 4.78 is 86.2. The Morgan fingerprint density at radius 1 is 0.517 bits per heavy atom. The second-order valence-corrected chi connectivity index (χ2v) is 24.6. The number of rotatable bonds is 61. The van der Waals surface area contributed by atoms with Crippen LogP contribution in [0, 0.1) is 10.8 Å². The molecule has 0 aliphatic carbocycles. The van der Waals surface area contributed by atoms with Crippen molar-refractivity contribution in [2.24, 2.45) is 10.8 Å². The highest BCUT2D eigenvalue weighted by Gasteiger charge is 2.28. The number of nitrogens with zero attached hydrogens (tertiary/aromatic N) is 4. The zero-order valence-corrected chi connectivity index (χ0v) is 57.4. The van der Waals surface area contributed by atoms with Crippen molar-refractivity contribution in [2.45, 2.75) is 118 Å². The summed E-state index contributed by atoms with van der Waals surface area (Å²) in [4.78, 5) is 54.3. The van der Waals surface area contributed by atoms with E-state index in [-0.39, 0.29) is 74.9 Å². The number of methoxy groups -OCH3 is 1. The molecule has 0 atom stereocenters. The van der Waals surface area contributed by atoms with Crippen LogP contribution in [0.25, 0.3) is 0 Å². The molecule has 0 bridgehead atoms. The summed E-state index contributed by atoms with van der Waals surface area (Å²) in [5.74, 6) is -1.53. The third-order valence-corrected chi connectivity index (χ3v) is 15.4. The predicted octanol–water partition coefficient (Wildman–Crippen LogP) is 5.48. The first-order chi connectivity index (χ1) is 42.7. The molecule has 25 nitrogen and oxygen atoms in total. The molecule has 0 saturated carbocycles. The Balaban J connectivity index is 1.61. The molecule has 0 aliphatic heterocycles. The first-order valence-corrected chi connectivity index (χ1v) is 32.8. The van der Waals surface area contributed by atoms with Crippen molar-refractivity contribution < 1.29 is 90.2 Å². The van der Waals surface area contributed by atoms with E-state index in [2.05, 4.69) is 57.4 Å². The fourth-order valence-electron chi connectivity index (χ4n) is 7.90. The minimum Gasteiger partial charge on any atom is -0.461 e. The van der Waals surface area contributed by atoms with Gasteiger partial charge in [0.15, 0.2) is 0 Å². The van der Waals surface area contributed by atoms with Crippen molar-refractivity contribution in [1.29, 1.82) is 0 Å². The standard InChI is InChI=1S/C63H111IN6O19/c1-60(2,48-59(74)87-52-54-13-11-10-12-14-54)17-22-88-62(5,6)16-15-58(73)69(50-56(71)65-19-21-70-49-55(67-68-70)47-63(7,8)89-23-18-61(3,4)53-64)51-57(72)66-20-24-76-27-28-78-31-32-80-35-36-82-39-40-84-43-44-86-46-45-85-42-41-83-38-37-81-34-33-79-30-29-77-26-25-75-9/h10-14,49H,15-48,50-53H2,1-9H3,(H,65,71)(H,66,72). The van der Waals surface area contributed by atoms with Gasteiger partial charge in [-0.2, -0.15) is 0 Å². The molecule has 3 amide bonds. The maximum Gasteiger partial charge on any atom is 0.306 e. The molecule has 2 N–H and O–H groups in total. The summed E-state index contributed by atoms with van der Waals surface area (Å²) in [6, 6.07) is 9.53. The molecule has 1 aromatic carbocycles. The lowest BCUT2D eigenvalue weighted by molar-refractivity contribution is -0.147. The summed E-state index contributed by atoms with van der Waals surface area (Å²) in [5.41, 5.74) is 0.355. The Morgan fingerprint density at radius 3 is 1.38 bits per heavy atom. The van der Waals surface area contributed by atoms with Gasteiger partial charge in [0, 0.05) is 56.9 Å². The van der Waals surface area contributed by atoms with E-state index in [1.54, 1.807) is 11.8 Å². The lowest BCUT2D eigenvalue weighted by Crippen LogP contribution is -2.47. The molecule has 89 heavy (non-hydrogen) atoms. The number of esters is 1. The maximum atomic E-state index is 13.8. The summed E-state index contributed by atoms with van der Waals surface area (Å²) in [6.07, 6.45) is 4.52. The van der Waals surface area contributed by atoms with Crippen molar-refractivity contribution in [2.75, 3.05) is 203 Å². The summed E-state index contributed by atoms with van der Waals surface area (Å²) in [6.45, 7) is 28.0. The zero-order chi connectivity index (χ0) is 65.2. The Kier molecular flexibility index (Phi) is 46.6. The predicted molar refractivity (Wildman–Crippen MR) is 343 cm³/mol. The van der Waals surface area contributed by atoms with E-state index in [0.717, 1.165) is 22.1 Å². The van der Waals surface area contributed by atoms with Crippen molar-refractivity contribution >= 4 is 46.3 Å². The Labute approximate surface area is 544 Å². The van der Waals surface area contributed by atoms with Gasteiger partial charge in [-0.15, -0.1) is 5.10 Å². The SMILES string of the molecule is COCCOCCOCCOCCOCCOCCOCCOCCOCCOCCOCCOCCNC(=O)CN(CC(=O)NCCn1cc(CC(C)(C)OCCC(C)(C)CI)nn1)C(=O)CCC(C)(C)OCCC(C)(C)CC(=O)OCc1ccccc1. The second-order valence-electron chi connectivity index (χ2n) is 23.8. The van der Waals surface area contributed by atoms with Crippen LogP contribution >= 0.6 is 22.6 Å². The topological polar surface area (TPSA) is 265 Å². The van der Waals surface area contributed by atoms with Gasteiger partial charge in [0.1, 0.15) is 19.7 Å². The largest absolute Gasteiger partial charge is 0.461 e. The Morgan fingerprint density at radius 2 is 0.933 bits per heavy atom. The first-order valence-electron chi connectivity index (χ1n) is 31.3. The van der Waals surface area contributed by atoms with Crippen LogP contribution in [0.2, 0.25) is 0 Å². The van der Waals surface area contributed by atoms with Gasteiger partial charge in [-0.25, -0.2) is 0 Å². The van der Waals surface area contributed by atoms with Gasteiger partial charge in [0.25, 0.3) is 0 Å². The normalized spacial score (nSPS) is 12.2. The molecule has 0 spiro atoms. The van der Waals surface area contributed by atoms with E-state index in [4.69, 9.17) is 71.1 Å². The summed E-state index contributed by atoms with van der Waals surface area (Å²) in [7, 11) is 1.64. The molecular weight excluding hydrogens is 1270 g/mol. The van der Waals surface area contributed by atoms with E-state index in [9.17, 15) is 19.2 Å². The quantitative estimate of drug-likeness (QED) is 0.0359. The van der Waals surface area contributed by atoms with Gasteiger partial charge >= 0.3 is 5.97 Å². The number of aromatic nitrogens is 3. The summed E-state index contributed by atoms with van der Waals surface area (Å²) >= 11 is 2.41. The number of carbonyl (C=O) groups is 4. The smallest absolute Gasteiger partial charge is 0.306 e. The van der Waals surface area contributed by atoms with Crippen molar-refractivity contribution in [1.82, 2.24) is 30.5 Å². The molecule has 1 heterocycles. The molecule has 1 aromatic heterocycles. The molecule has 26 heteroatoms. The van der Waals surface area contributed by atoms with Crippen LogP contribution < -0.4 is 10.6 Å². The van der Waals surface area contributed by atoms with Crippen LogP contribution in [0.4, 0.5) is 0 Å². The number of benzene rings is 1. The average Bonchev–Trinajstić information content (AvgIpc) is 3.65. The highest BCUT2D eigenvalue weighted by Crippen LogP contribution is 2.28. The van der Waals surface area contributed by atoms with Crippen LogP contribution in [-0.2, 0) is 110 Å². The molecule has 2 aromatic rings. The number of hydrogen-bond acceptors (Lipinski definition) is 21. The van der Waals surface area contributed by atoms with Gasteiger partial charge in [0.2, 0.25) is 17.7 Å². The number of nitrogens with one attached hydrogen (secondary N) is 2. The Hall–Kier alpha value is -3.59. The number of halogens is 1. The molecular formula is C63H111IN6O19. The fourth-order valence-corrected chi connectivity index (χ4v) is 8.28. The van der Waals surface area contributed by atoms with E-state index in [1.807, 2.05) is 78.1 Å². The van der Waals surface area contributed by atoms with Gasteiger partial charge in [-0.05, 0) is 63.4 Å². The number of carbonyl (C=O) groups excluding carboxylic acids is 4. The second kappa shape index (κ2) is 50.9. The maximum absolute atomic E-state index is 13.8. The lowest BCUT2D eigenvalue weighted by atomic mass is 9.86. The molecule has 0 fully saturated rings. The van der Waals surface area contributed by atoms with Gasteiger partial charge in [-0.1, -0.05) is 85.8 Å². The van der Waals surface area contributed by atoms with E-state index in [0.29, 0.717) is 184 Å². The van der Waals surface area contributed by atoms with Crippen molar-refractivity contribution in [3.63, 3.8) is 0 Å². The monoisotopic (exact) mass is 1380 g/mol. The molecule has 514 valence electrons. The van der Waals surface area contributed by atoms with E-state index >= 15 is 0 Å². The fraction of sp³-hybridized carbons (Fsp3) is 0.810. The zero-order valence-electron chi connectivity index (χ0n) is 55.3. The van der Waals surface area contributed by atoms with Crippen LogP contribution in [0.5, 0.6) is 0 Å². The van der Waals surface area contributed by atoms with Gasteiger partial charge < -0.3 is 86.6 Å². The number of alkyl halides is 1. The number of amides is 3. The molecule has 0 radical (unpaired) electrons. The minimum atomic E-state index is -0.718. The first kappa shape index (κ1) is 81.5. The van der Waals surface area contributed by atoms with Crippen LogP contribution in [0.15, 0.2) is 36.5 Å². The lowest BCUT2D eigenvalue weighted by Gasteiger charge is -2.30. The van der Waals surface area contributed by atoms with Crippen molar-refractivity contribution in [3.8, 4) is 0 Å². The molecule has 0 saturated heterocycles. The van der Waals surface area contributed by atoms with Gasteiger partial charge in [0.05, 0.1) is 182 Å². The van der Waals surface area contributed by atoms with Crippen LogP contribution in [0.3, 0.4) is 0 Å². The molecule has 0 unspecified atom stereocenters. The minimum absolute atomic E-state index is 0.0251. The van der Waals surface area contributed by atoms with E-state index in [1.165, 1.54) is 4.90 Å². The third kappa shape index (κ3) is 47.9. The number of ether oxygens (including phenoxy) is 15. The molecule has 0 aliphatic rings. The van der Waals surface area contributed by atoms with E-state index < -0.39 is 23.0 Å². The van der Waals surface area contributed by atoms with Crippen LogP contribution in [-0.4, -0.2) is 258 Å². The average molecular weight is 1380 g/mol. The number of hydrogen-bond donors (Lipinski definition) is 2. The highest BCUT2D eigenvalue weighted by atomic mass is 127. The third-order valence-electron chi connectivity index (χ3n) is 13.3. The highest BCUT2D eigenvalue weighted by molar-refractivity contribution is 14.1. The summed E-state index contributed by atoms with van der Waals surface area (Å²) in [5, 5.41) is 14.2. The molecule has 2 rings (SSSR count).